The largest absolute Gasteiger partial charge is 0.348 e. The van der Waals surface area contributed by atoms with Crippen LogP contribution in [-0.2, 0) is 26.4 Å². The van der Waals surface area contributed by atoms with Gasteiger partial charge in [-0.1, -0.05) is 0 Å². The van der Waals surface area contributed by atoms with Crippen molar-refractivity contribution in [2.45, 2.75) is 39.7 Å². The minimum absolute atomic E-state index is 0.121. The van der Waals surface area contributed by atoms with E-state index >= 15 is 0 Å². The van der Waals surface area contributed by atoms with Gasteiger partial charge in [-0.25, -0.2) is 9.97 Å². The Balaban J connectivity index is 1.63. The first kappa shape index (κ1) is 15.7. The van der Waals surface area contributed by atoms with Crippen molar-refractivity contribution in [1.82, 2.24) is 24.8 Å². The van der Waals surface area contributed by atoms with Gasteiger partial charge in [-0.2, -0.15) is 0 Å². The number of hydrogen-bond donors (Lipinski definition) is 1. The standard InChI is InChI=1S/C19H21N5O/c1-11-7-16(17-18(22-11)24(3)12(2)23-17)19(25)21-10-14-9-20-8-13-5-4-6-15(13)14/h7-9H,4-6,10H2,1-3H3,(H,21,25). The molecule has 6 heteroatoms. The van der Waals surface area contributed by atoms with Crippen LogP contribution in [0.3, 0.4) is 0 Å². The fourth-order valence-electron chi connectivity index (χ4n) is 3.55. The summed E-state index contributed by atoms with van der Waals surface area (Å²) in [4.78, 5) is 26.1. The maximum absolute atomic E-state index is 12.8. The number of nitrogens with zero attached hydrogens (tertiary/aromatic N) is 4. The maximum atomic E-state index is 12.8. The summed E-state index contributed by atoms with van der Waals surface area (Å²) in [6.07, 6.45) is 7.13. The highest BCUT2D eigenvalue weighted by atomic mass is 16.1. The number of imidazole rings is 1. The number of hydrogen-bond acceptors (Lipinski definition) is 4. The first-order chi connectivity index (χ1) is 12.0. The highest BCUT2D eigenvalue weighted by molar-refractivity contribution is 6.04. The summed E-state index contributed by atoms with van der Waals surface area (Å²) in [5.74, 6) is 0.719. The lowest BCUT2D eigenvalue weighted by Crippen LogP contribution is -2.24. The van der Waals surface area contributed by atoms with Gasteiger partial charge in [0.25, 0.3) is 5.91 Å². The summed E-state index contributed by atoms with van der Waals surface area (Å²) in [7, 11) is 1.91. The van der Waals surface area contributed by atoms with E-state index in [0.717, 1.165) is 35.6 Å². The molecule has 1 aliphatic carbocycles. The molecule has 0 atom stereocenters. The average Bonchev–Trinajstić information content (AvgIpc) is 3.18. The van der Waals surface area contributed by atoms with Crippen LogP contribution in [0.25, 0.3) is 11.2 Å². The fourth-order valence-corrected chi connectivity index (χ4v) is 3.55. The van der Waals surface area contributed by atoms with Gasteiger partial charge < -0.3 is 9.88 Å². The van der Waals surface area contributed by atoms with E-state index in [4.69, 9.17) is 0 Å². The lowest BCUT2D eigenvalue weighted by molar-refractivity contribution is 0.0952. The predicted octanol–water partition coefficient (Wildman–Crippen LogP) is 2.40. The number of rotatable bonds is 3. The van der Waals surface area contributed by atoms with Crippen LogP contribution in [0.5, 0.6) is 0 Å². The van der Waals surface area contributed by atoms with Gasteiger partial charge in [0, 0.05) is 31.7 Å². The van der Waals surface area contributed by atoms with Crippen LogP contribution in [0.15, 0.2) is 18.5 Å². The Morgan fingerprint density at radius 3 is 2.92 bits per heavy atom. The molecular formula is C19H21N5O. The number of amides is 1. The molecule has 0 saturated heterocycles. The number of pyridine rings is 2. The van der Waals surface area contributed by atoms with E-state index in [2.05, 4.69) is 20.3 Å². The summed E-state index contributed by atoms with van der Waals surface area (Å²) >= 11 is 0. The zero-order valence-electron chi connectivity index (χ0n) is 14.8. The van der Waals surface area contributed by atoms with Gasteiger partial charge in [-0.15, -0.1) is 0 Å². The minimum Gasteiger partial charge on any atom is -0.348 e. The molecule has 3 heterocycles. The molecule has 1 N–H and O–H groups in total. The van der Waals surface area contributed by atoms with Crippen molar-refractivity contribution in [2.75, 3.05) is 0 Å². The van der Waals surface area contributed by atoms with Crippen LogP contribution in [-0.4, -0.2) is 25.4 Å². The third-order valence-corrected chi connectivity index (χ3v) is 4.97. The molecule has 128 valence electrons. The monoisotopic (exact) mass is 335 g/mol. The minimum atomic E-state index is -0.121. The average molecular weight is 335 g/mol. The van der Waals surface area contributed by atoms with E-state index in [0.29, 0.717) is 17.6 Å². The van der Waals surface area contributed by atoms with Crippen molar-refractivity contribution < 1.29 is 4.79 Å². The van der Waals surface area contributed by atoms with Crippen molar-refractivity contribution >= 4 is 17.1 Å². The van der Waals surface area contributed by atoms with E-state index in [1.54, 1.807) is 6.07 Å². The summed E-state index contributed by atoms with van der Waals surface area (Å²) in [5, 5.41) is 3.04. The summed E-state index contributed by atoms with van der Waals surface area (Å²) in [6, 6.07) is 1.80. The molecule has 0 bridgehead atoms. The molecule has 0 fully saturated rings. The molecule has 1 aliphatic rings. The van der Waals surface area contributed by atoms with Gasteiger partial charge in [0.05, 0.1) is 5.56 Å². The summed E-state index contributed by atoms with van der Waals surface area (Å²) in [6.45, 7) is 4.30. The molecule has 0 aromatic carbocycles. The number of fused-ring (bicyclic) bond motifs is 2. The van der Waals surface area contributed by atoms with Crippen molar-refractivity contribution in [3.63, 3.8) is 0 Å². The van der Waals surface area contributed by atoms with Crippen molar-refractivity contribution in [1.29, 1.82) is 0 Å². The molecule has 1 amide bonds. The van der Waals surface area contributed by atoms with Gasteiger partial charge in [0.15, 0.2) is 5.65 Å². The maximum Gasteiger partial charge on any atom is 0.253 e. The lowest BCUT2D eigenvalue weighted by Gasteiger charge is -2.10. The Morgan fingerprint density at radius 2 is 2.08 bits per heavy atom. The van der Waals surface area contributed by atoms with Crippen LogP contribution in [0.4, 0.5) is 0 Å². The third-order valence-electron chi connectivity index (χ3n) is 4.97. The summed E-state index contributed by atoms with van der Waals surface area (Å²) < 4.78 is 1.91. The third kappa shape index (κ3) is 2.67. The topological polar surface area (TPSA) is 72.7 Å². The lowest BCUT2D eigenvalue weighted by atomic mass is 10.1. The zero-order chi connectivity index (χ0) is 17.6. The number of nitrogens with one attached hydrogen (secondary N) is 1. The fraction of sp³-hybridized carbons (Fsp3) is 0.368. The number of carbonyl (C=O) groups is 1. The van der Waals surface area contributed by atoms with Gasteiger partial charge >= 0.3 is 0 Å². The Morgan fingerprint density at radius 1 is 1.24 bits per heavy atom. The molecule has 6 nitrogen and oxygen atoms in total. The molecule has 0 unspecified atom stereocenters. The molecule has 0 aliphatic heterocycles. The van der Waals surface area contributed by atoms with Gasteiger partial charge in [-0.05, 0) is 55.9 Å². The Kier molecular flexibility index (Phi) is 3.75. The second kappa shape index (κ2) is 5.95. The molecule has 0 saturated carbocycles. The number of carbonyl (C=O) groups excluding carboxylic acids is 1. The predicted molar refractivity (Wildman–Crippen MR) is 95.4 cm³/mol. The molecule has 0 spiro atoms. The first-order valence-corrected chi connectivity index (χ1v) is 8.58. The molecule has 3 aromatic heterocycles. The normalized spacial score (nSPS) is 13.2. The highest BCUT2D eigenvalue weighted by Gasteiger charge is 2.19. The van der Waals surface area contributed by atoms with E-state index in [-0.39, 0.29) is 5.91 Å². The van der Waals surface area contributed by atoms with E-state index in [1.165, 1.54) is 17.5 Å². The van der Waals surface area contributed by atoms with E-state index in [1.807, 2.05) is 37.9 Å². The van der Waals surface area contributed by atoms with Gasteiger partial charge in [-0.3, -0.25) is 9.78 Å². The number of aryl methyl sites for hydroxylation is 4. The quantitative estimate of drug-likeness (QED) is 0.798. The molecule has 3 aromatic rings. The Hall–Kier alpha value is -2.76. The summed E-state index contributed by atoms with van der Waals surface area (Å²) in [5.41, 5.74) is 6.55. The van der Waals surface area contributed by atoms with Crippen LogP contribution in [0.1, 0.15) is 45.0 Å². The van der Waals surface area contributed by atoms with Crippen LogP contribution in [0, 0.1) is 13.8 Å². The van der Waals surface area contributed by atoms with Crippen LogP contribution < -0.4 is 5.32 Å². The Bertz CT molecular complexity index is 989. The molecule has 25 heavy (non-hydrogen) atoms. The van der Waals surface area contributed by atoms with Crippen LogP contribution in [0.2, 0.25) is 0 Å². The van der Waals surface area contributed by atoms with E-state index < -0.39 is 0 Å². The van der Waals surface area contributed by atoms with Gasteiger partial charge in [0.1, 0.15) is 11.3 Å². The number of aromatic nitrogens is 4. The first-order valence-electron chi connectivity index (χ1n) is 8.58. The smallest absolute Gasteiger partial charge is 0.253 e. The van der Waals surface area contributed by atoms with Crippen molar-refractivity contribution in [3.05, 3.63) is 52.2 Å². The van der Waals surface area contributed by atoms with Gasteiger partial charge in [0.2, 0.25) is 0 Å². The molecule has 0 radical (unpaired) electrons. The second-order valence-electron chi connectivity index (χ2n) is 6.67. The van der Waals surface area contributed by atoms with E-state index in [9.17, 15) is 4.79 Å². The zero-order valence-corrected chi connectivity index (χ0v) is 14.8. The SMILES string of the molecule is Cc1cc(C(=O)NCc2cncc3c2CCC3)c2nc(C)n(C)c2n1. The second-order valence-corrected chi connectivity index (χ2v) is 6.67. The van der Waals surface area contributed by atoms with Crippen LogP contribution >= 0.6 is 0 Å². The van der Waals surface area contributed by atoms with Crippen molar-refractivity contribution in [3.8, 4) is 0 Å². The molecular weight excluding hydrogens is 314 g/mol. The Labute approximate surface area is 146 Å². The highest BCUT2D eigenvalue weighted by Crippen LogP contribution is 2.24. The molecule has 4 rings (SSSR count). The van der Waals surface area contributed by atoms with Crippen molar-refractivity contribution in [2.24, 2.45) is 7.05 Å².